The number of rotatable bonds is 5. The molecule has 2 rings (SSSR count). The summed E-state index contributed by atoms with van der Waals surface area (Å²) in [5.74, 6) is -0.0918. The van der Waals surface area contributed by atoms with Gasteiger partial charge in [-0.1, -0.05) is 6.07 Å². The van der Waals surface area contributed by atoms with E-state index in [0.29, 0.717) is 18.7 Å². The zero-order chi connectivity index (χ0) is 13.0. The van der Waals surface area contributed by atoms with Crippen LogP contribution in [0.4, 0.5) is 8.78 Å². The van der Waals surface area contributed by atoms with E-state index in [4.69, 9.17) is 0 Å². The number of aryl methyl sites for hydroxylation is 1. The molecule has 5 heteroatoms. The second-order valence-corrected chi connectivity index (χ2v) is 4.12. The summed E-state index contributed by atoms with van der Waals surface area (Å²) in [6.07, 6.45) is 4.40. The van der Waals surface area contributed by atoms with E-state index >= 15 is 0 Å². The van der Waals surface area contributed by atoms with Gasteiger partial charge in [-0.25, -0.2) is 13.8 Å². The summed E-state index contributed by atoms with van der Waals surface area (Å²) in [6.45, 7) is 1.08. The second kappa shape index (κ2) is 5.73. The average molecular weight is 251 g/mol. The third-order valence-corrected chi connectivity index (χ3v) is 2.78. The van der Waals surface area contributed by atoms with Gasteiger partial charge in [0.25, 0.3) is 0 Å². The van der Waals surface area contributed by atoms with E-state index in [1.165, 1.54) is 12.1 Å². The standard InChI is InChI=1S/C13H15F2N3/c1-18-7-6-17-13(18)4-5-16-9-10-2-3-11(14)8-12(10)15/h2-3,6-8,16H,4-5,9H2,1H3. The minimum absolute atomic E-state index is 0.385. The van der Waals surface area contributed by atoms with Gasteiger partial charge in [0.05, 0.1) is 0 Å². The van der Waals surface area contributed by atoms with Crippen LogP contribution in [0.25, 0.3) is 0 Å². The minimum Gasteiger partial charge on any atom is -0.338 e. The van der Waals surface area contributed by atoms with Gasteiger partial charge in [0.1, 0.15) is 17.5 Å². The number of hydrogen-bond donors (Lipinski definition) is 1. The first kappa shape index (κ1) is 12.7. The van der Waals surface area contributed by atoms with Crippen LogP contribution in [0, 0.1) is 11.6 Å². The highest BCUT2D eigenvalue weighted by atomic mass is 19.1. The Balaban J connectivity index is 1.80. The fraction of sp³-hybridized carbons (Fsp3) is 0.308. The van der Waals surface area contributed by atoms with Gasteiger partial charge < -0.3 is 9.88 Å². The summed E-state index contributed by atoms with van der Waals surface area (Å²) in [7, 11) is 1.93. The summed E-state index contributed by atoms with van der Waals surface area (Å²) in [4.78, 5) is 4.19. The Morgan fingerprint density at radius 1 is 1.33 bits per heavy atom. The number of nitrogens with one attached hydrogen (secondary N) is 1. The van der Waals surface area contributed by atoms with Gasteiger partial charge in [-0.05, 0) is 6.07 Å². The van der Waals surface area contributed by atoms with E-state index in [1.54, 1.807) is 6.20 Å². The molecule has 1 aromatic heterocycles. The summed E-state index contributed by atoms with van der Waals surface area (Å²) >= 11 is 0. The molecular weight excluding hydrogens is 236 g/mol. The predicted octanol–water partition coefficient (Wildman–Crippen LogP) is 2.03. The molecule has 1 aromatic carbocycles. The van der Waals surface area contributed by atoms with Crippen LogP contribution in [0.15, 0.2) is 30.6 Å². The number of aromatic nitrogens is 2. The van der Waals surface area contributed by atoms with Crippen LogP contribution >= 0.6 is 0 Å². The maximum absolute atomic E-state index is 13.3. The van der Waals surface area contributed by atoms with Crippen molar-refractivity contribution in [2.75, 3.05) is 6.54 Å². The lowest BCUT2D eigenvalue weighted by Crippen LogP contribution is -2.18. The molecule has 18 heavy (non-hydrogen) atoms. The van der Waals surface area contributed by atoms with Crippen molar-refractivity contribution in [3.63, 3.8) is 0 Å². The molecule has 1 heterocycles. The van der Waals surface area contributed by atoms with Crippen LogP contribution in [-0.2, 0) is 20.0 Å². The lowest BCUT2D eigenvalue weighted by molar-refractivity contribution is 0.559. The number of benzene rings is 1. The number of imidazole rings is 1. The van der Waals surface area contributed by atoms with Gasteiger partial charge in [-0.15, -0.1) is 0 Å². The molecule has 0 spiro atoms. The molecule has 0 radical (unpaired) electrons. The third kappa shape index (κ3) is 3.13. The van der Waals surface area contributed by atoms with E-state index in [9.17, 15) is 8.78 Å². The largest absolute Gasteiger partial charge is 0.338 e. The highest BCUT2D eigenvalue weighted by Crippen LogP contribution is 2.08. The Hall–Kier alpha value is -1.75. The Morgan fingerprint density at radius 3 is 2.83 bits per heavy atom. The molecular formula is C13H15F2N3. The van der Waals surface area contributed by atoms with Crippen molar-refractivity contribution in [3.8, 4) is 0 Å². The smallest absolute Gasteiger partial charge is 0.130 e. The molecule has 0 saturated carbocycles. The Labute approximate surface area is 104 Å². The molecule has 96 valence electrons. The number of nitrogens with zero attached hydrogens (tertiary/aromatic N) is 2. The summed E-state index contributed by atoms with van der Waals surface area (Å²) in [5.41, 5.74) is 0.469. The van der Waals surface area contributed by atoms with Crippen LogP contribution in [0.5, 0.6) is 0 Å². The van der Waals surface area contributed by atoms with Crippen molar-refractivity contribution in [1.82, 2.24) is 14.9 Å². The maximum atomic E-state index is 13.3. The predicted molar refractivity (Wildman–Crippen MR) is 65.0 cm³/mol. The normalized spacial score (nSPS) is 10.8. The molecule has 0 aliphatic rings. The summed E-state index contributed by atoms with van der Waals surface area (Å²) in [5, 5.41) is 3.11. The molecule has 0 fully saturated rings. The minimum atomic E-state index is -0.552. The second-order valence-electron chi connectivity index (χ2n) is 4.12. The highest BCUT2D eigenvalue weighted by molar-refractivity contribution is 5.18. The molecule has 2 aromatic rings. The van der Waals surface area contributed by atoms with Crippen molar-refractivity contribution in [2.45, 2.75) is 13.0 Å². The summed E-state index contributed by atoms with van der Waals surface area (Å²) in [6, 6.07) is 3.62. The zero-order valence-corrected chi connectivity index (χ0v) is 10.2. The SMILES string of the molecule is Cn1ccnc1CCNCc1ccc(F)cc1F. The fourth-order valence-electron chi connectivity index (χ4n) is 1.73. The third-order valence-electron chi connectivity index (χ3n) is 2.78. The molecule has 3 nitrogen and oxygen atoms in total. The summed E-state index contributed by atoms with van der Waals surface area (Å²) < 4.78 is 28.0. The molecule has 0 amide bonds. The van der Waals surface area contributed by atoms with Crippen LogP contribution in [0.1, 0.15) is 11.4 Å². The average Bonchev–Trinajstić information content (AvgIpc) is 2.73. The quantitative estimate of drug-likeness (QED) is 0.824. The molecule has 0 unspecified atom stereocenters. The molecule has 0 saturated heterocycles. The van der Waals surface area contributed by atoms with Crippen LogP contribution in [-0.4, -0.2) is 16.1 Å². The van der Waals surface area contributed by atoms with E-state index in [-0.39, 0.29) is 0 Å². The van der Waals surface area contributed by atoms with Gasteiger partial charge in [-0.3, -0.25) is 0 Å². The monoisotopic (exact) mass is 251 g/mol. The molecule has 0 atom stereocenters. The van der Waals surface area contributed by atoms with Crippen molar-refractivity contribution in [3.05, 3.63) is 53.6 Å². The highest BCUT2D eigenvalue weighted by Gasteiger charge is 2.03. The van der Waals surface area contributed by atoms with Crippen molar-refractivity contribution in [2.24, 2.45) is 7.05 Å². The van der Waals surface area contributed by atoms with Gasteiger partial charge in [0, 0.05) is 50.6 Å². The molecule has 0 aliphatic carbocycles. The molecule has 1 N–H and O–H groups in total. The molecule has 0 bridgehead atoms. The number of hydrogen-bond acceptors (Lipinski definition) is 2. The van der Waals surface area contributed by atoms with E-state index in [1.807, 2.05) is 17.8 Å². The molecule has 0 aliphatic heterocycles. The Morgan fingerprint density at radius 2 is 2.17 bits per heavy atom. The lowest BCUT2D eigenvalue weighted by atomic mass is 10.2. The van der Waals surface area contributed by atoms with E-state index in [2.05, 4.69) is 10.3 Å². The first-order valence-corrected chi connectivity index (χ1v) is 5.77. The van der Waals surface area contributed by atoms with Gasteiger partial charge in [0.2, 0.25) is 0 Å². The zero-order valence-electron chi connectivity index (χ0n) is 10.2. The Kier molecular flexibility index (Phi) is 4.04. The van der Waals surface area contributed by atoms with Crippen LogP contribution in [0.2, 0.25) is 0 Å². The van der Waals surface area contributed by atoms with Crippen molar-refractivity contribution < 1.29 is 8.78 Å². The van der Waals surface area contributed by atoms with Gasteiger partial charge >= 0.3 is 0 Å². The fourth-order valence-corrected chi connectivity index (χ4v) is 1.73. The first-order valence-electron chi connectivity index (χ1n) is 5.77. The topological polar surface area (TPSA) is 29.9 Å². The van der Waals surface area contributed by atoms with Crippen LogP contribution < -0.4 is 5.32 Å². The van der Waals surface area contributed by atoms with Gasteiger partial charge in [0.15, 0.2) is 0 Å². The van der Waals surface area contributed by atoms with Crippen molar-refractivity contribution in [1.29, 1.82) is 0 Å². The van der Waals surface area contributed by atoms with E-state index in [0.717, 1.165) is 18.3 Å². The number of halogens is 2. The van der Waals surface area contributed by atoms with E-state index < -0.39 is 11.6 Å². The maximum Gasteiger partial charge on any atom is 0.130 e. The lowest BCUT2D eigenvalue weighted by Gasteiger charge is -2.06. The van der Waals surface area contributed by atoms with Gasteiger partial charge in [-0.2, -0.15) is 0 Å². The first-order chi connectivity index (χ1) is 8.66. The van der Waals surface area contributed by atoms with Crippen molar-refractivity contribution >= 4 is 0 Å². The Bertz CT molecular complexity index is 523. The van der Waals surface area contributed by atoms with Crippen LogP contribution in [0.3, 0.4) is 0 Å².